The Kier molecular flexibility index (Phi) is 4.79. The Labute approximate surface area is 118 Å². The molecule has 0 fully saturated rings. The van der Waals surface area contributed by atoms with Crippen LogP contribution >= 0.6 is 34.2 Å². The molecule has 17 heavy (non-hydrogen) atoms. The molecule has 0 saturated heterocycles. The topological polar surface area (TPSA) is 60.4 Å². The summed E-state index contributed by atoms with van der Waals surface area (Å²) < 4.78 is 28.0. The average molecular weight is 389 g/mol. The Morgan fingerprint density at radius 2 is 2.06 bits per heavy atom. The van der Waals surface area contributed by atoms with Crippen molar-refractivity contribution in [3.63, 3.8) is 0 Å². The molecule has 0 aliphatic rings. The number of rotatable bonds is 3. The van der Waals surface area contributed by atoms with Gasteiger partial charge in [0.1, 0.15) is 0 Å². The van der Waals surface area contributed by atoms with Gasteiger partial charge in [0.25, 0.3) is 0 Å². The normalized spacial score (nSPS) is 11.3. The van der Waals surface area contributed by atoms with Crippen molar-refractivity contribution in [2.24, 2.45) is 0 Å². The number of carbonyl (C=O) groups excluding carboxylic acids is 1. The zero-order valence-corrected chi connectivity index (χ0v) is 12.9. The predicted octanol–water partition coefficient (Wildman–Crippen LogP) is 2.52. The molecule has 0 N–H and O–H groups in total. The number of ether oxygens (including phenoxy) is 1. The fourth-order valence-corrected chi connectivity index (χ4v) is 3.90. The second-order valence-electron chi connectivity index (χ2n) is 3.23. The van der Waals surface area contributed by atoms with E-state index < -0.39 is 15.8 Å². The van der Waals surface area contributed by atoms with Gasteiger partial charge in [-0.05, 0) is 41.6 Å². The Morgan fingerprint density at radius 3 is 2.53 bits per heavy atom. The smallest absolute Gasteiger partial charge is 0.339 e. The van der Waals surface area contributed by atoms with Gasteiger partial charge in [0.2, 0.25) is 0 Å². The number of sulfone groups is 1. The van der Waals surface area contributed by atoms with E-state index in [1.54, 1.807) is 29.5 Å². The van der Waals surface area contributed by atoms with Crippen LogP contribution in [0.5, 0.6) is 0 Å². The lowest BCUT2D eigenvalue weighted by Crippen LogP contribution is -2.08. The first-order chi connectivity index (χ1) is 7.79. The predicted molar refractivity (Wildman–Crippen MR) is 73.2 cm³/mol. The highest BCUT2D eigenvalue weighted by Crippen LogP contribution is 2.29. The van der Waals surface area contributed by atoms with Crippen LogP contribution in [0.4, 0.5) is 0 Å². The van der Waals surface area contributed by atoms with Crippen LogP contribution in [0.3, 0.4) is 0 Å². The standard InChI is InChI=1S/C10H10ClIO4S/c1-3-16-10(13)6-4-5-7(17(2,14)15)9(12)8(6)11/h4-5H,3H2,1-2H3. The molecule has 1 rings (SSSR count). The molecule has 0 saturated carbocycles. The molecule has 0 aromatic heterocycles. The van der Waals surface area contributed by atoms with Crippen LogP contribution in [0.1, 0.15) is 17.3 Å². The highest BCUT2D eigenvalue weighted by Gasteiger charge is 2.20. The summed E-state index contributed by atoms with van der Waals surface area (Å²) in [7, 11) is -3.35. The summed E-state index contributed by atoms with van der Waals surface area (Å²) in [5.41, 5.74) is 0.172. The summed E-state index contributed by atoms with van der Waals surface area (Å²) in [6.07, 6.45) is 1.09. The van der Waals surface area contributed by atoms with Crippen molar-refractivity contribution >= 4 is 50.0 Å². The van der Waals surface area contributed by atoms with Gasteiger partial charge in [-0.2, -0.15) is 0 Å². The van der Waals surface area contributed by atoms with Crippen molar-refractivity contribution in [2.45, 2.75) is 11.8 Å². The lowest BCUT2D eigenvalue weighted by Gasteiger charge is -2.08. The van der Waals surface area contributed by atoms with E-state index in [0.717, 1.165) is 6.26 Å². The molecular formula is C10H10ClIO4S. The lowest BCUT2D eigenvalue weighted by molar-refractivity contribution is 0.0526. The molecule has 0 bridgehead atoms. The van der Waals surface area contributed by atoms with Crippen LogP contribution < -0.4 is 0 Å². The summed E-state index contributed by atoms with van der Waals surface area (Å²) >= 11 is 7.76. The van der Waals surface area contributed by atoms with Crippen LogP contribution in [0, 0.1) is 3.57 Å². The molecule has 0 amide bonds. The molecule has 7 heteroatoms. The van der Waals surface area contributed by atoms with Gasteiger partial charge in [0, 0.05) is 6.26 Å². The van der Waals surface area contributed by atoms with Crippen molar-refractivity contribution in [3.05, 3.63) is 26.3 Å². The van der Waals surface area contributed by atoms with Gasteiger partial charge < -0.3 is 4.74 Å². The number of hydrogen-bond donors (Lipinski definition) is 0. The van der Waals surface area contributed by atoms with Crippen LogP contribution in [-0.4, -0.2) is 27.2 Å². The fourth-order valence-electron chi connectivity index (χ4n) is 1.18. The third-order valence-corrected chi connectivity index (χ3v) is 5.28. The third kappa shape index (κ3) is 3.32. The van der Waals surface area contributed by atoms with Crippen LogP contribution in [-0.2, 0) is 14.6 Å². The minimum atomic E-state index is -3.35. The van der Waals surface area contributed by atoms with E-state index in [-0.39, 0.29) is 22.1 Å². The molecule has 4 nitrogen and oxygen atoms in total. The zero-order valence-electron chi connectivity index (χ0n) is 9.16. The zero-order chi connectivity index (χ0) is 13.2. The van der Waals surface area contributed by atoms with Crippen LogP contribution in [0.2, 0.25) is 5.02 Å². The van der Waals surface area contributed by atoms with E-state index >= 15 is 0 Å². The van der Waals surface area contributed by atoms with Crippen LogP contribution in [0.25, 0.3) is 0 Å². The number of hydrogen-bond acceptors (Lipinski definition) is 4. The molecular weight excluding hydrogens is 379 g/mol. The van der Waals surface area contributed by atoms with E-state index in [4.69, 9.17) is 16.3 Å². The van der Waals surface area contributed by atoms with Gasteiger partial charge in [-0.3, -0.25) is 0 Å². The minimum absolute atomic E-state index is 0.104. The van der Waals surface area contributed by atoms with Crippen molar-refractivity contribution in [2.75, 3.05) is 12.9 Å². The molecule has 1 aromatic rings. The van der Waals surface area contributed by atoms with Crippen molar-refractivity contribution in [1.29, 1.82) is 0 Å². The number of carbonyl (C=O) groups is 1. The Hall–Kier alpha value is -0.340. The summed E-state index contributed by atoms with van der Waals surface area (Å²) in [6.45, 7) is 1.92. The Morgan fingerprint density at radius 1 is 1.47 bits per heavy atom. The van der Waals surface area contributed by atoms with E-state index in [1.165, 1.54) is 12.1 Å². The molecule has 0 radical (unpaired) electrons. The second kappa shape index (κ2) is 5.53. The first kappa shape index (κ1) is 14.7. The van der Waals surface area contributed by atoms with Crippen molar-refractivity contribution in [3.8, 4) is 0 Å². The SMILES string of the molecule is CCOC(=O)c1ccc(S(C)(=O)=O)c(I)c1Cl. The summed E-state index contributed by atoms with van der Waals surface area (Å²) in [5.74, 6) is -0.560. The number of benzene rings is 1. The molecule has 0 unspecified atom stereocenters. The molecule has 94 valence electrons. The van der Waals surface area contributed by atoms with Gasteiger partial charge in [0.05, 0.1) is 25.7 Å². The first-order valence-corrected chi connectivity index (χ1v) is 7.99. The summed E-state index contributed by atoms with van der Waals surface area (Å²) in [6, 6.07) is 2.72. The highest BCUT2D eigenvalue weighted by atomic mass is 127. The van der Waals surface area contributed by atoms with Gasteiger partial charge in [-0.1, -0.05) is 11.6 Å². The number of esters is 1. The quantitative estimate of drug-likeness (QED) is 0.590. The monoisotopic (exact) mass is 388 g/mol. The molecule has 0 aliphatic heterocycles. The maximum absolute atomic E-state index is 11.5. The van der Waals surface area contributed by atoms with Gasteiger partial charge in [0.15, 0.2) is 9.84 Å². The third-order valence-electron chi connectivity index (χ3n) is 1.94. The van der Waals surface area contributed by atoms with Crippen molar-refractivity contribution < 1.29 is 17.9 Å². The lowest BCUT2D eigenvalue weighted by atomic mass is 10.2. The van der Waals surface area contributed by atoms with Gasteiger partial charge in [-0.15, -0.1) is 0 Å². The maximum atomic E-state index is 11.5. The summed E-state index contributed by atoms with van der Waals surface area (Å²) in [4.78, 5) is 11.6. The van der Waals surface area contributed by atoms with E-state index in [2.05, 4.69) is 0 Å². The van der Waals surface area contributed by atoms with E-state index in [0.29, 0.717) is 3.57 Å². The average Bonchev–Trinajstić information content (AvgIpc) is 2.20. The molecule has 0 heterocycles. The Balaban J connectivity index is 3.34. The second-order valence-corrected chi connectivity index (χ2v) is 6.67. The molecule has 0 spiro atoms. The molecule has 0 aliphatic carbocycles. The van der Waals surface area contributed by atoms with Gasteiger partial charge in [-0.25, -0.2) is 13.2 Å². The molecule has 1 aromatic carbocycles. The maximum Gasteiger partial charge on any atom is 0.339 e. The van der Waals surface area contributed by atoms with Crippen molar-refractivity contribution in [1.82, 2.24) is 0 Å². The Bertz CT molecular complexity index is 554. The minimum Gasteiger partial charge on any atom is -0.462 e. The van der Waals surface area contributed by atoms with Crippen LogP contribution in [0.15, 0.2) is 17.0 Å². The van der Waals surface area contributed by atoms with E-state index in [9.17, 15) is 13.2 Å². The number of halogens is 2. The molecule has 0 atom stereocenters. The van der Waals surface area contributed by atoms with E-state index in [1.807, 2.05) is 0 Å². The van der Waals surface area contributed by atoms with Gasteiger partial charge >= 0.3 is 5.97 Å². The first-order valence-electron chi connectivity index (χ1n) is 4.64. The highest BCUT2D eigenvalue weighted by molar-refractivity contribution is 14.1. The fraction of sp³-hybridized carbons (Fsp3) is 0.300. The summed E-state index contributed by atoms with van der Waals surface area (Å²) in [5, 5.41) is 0.104. The largest absolute Gasteiger partial charge is 0.462 e.